The highest BCUT2D eigenvalue weighted by Gasteiger charge is 2.40. The normalized spacial score (nSPS) is 32.1. The Balaban J connectivity index is 2.02. The Kier molecular flexibility index (Phi) is 4.05. The van der Waals surface area contributed by atoms with Gasteiger partial charge in [0.1, 0.15) is 0 Å². The molecule has 1 heterocycles. The van der Waals surface area contributed by atoms with Gasteiger partial charge < -0.3 is 15.4 Å². The molecule has 0 aromatic heterocycles. The molecule has 17 heavy (non-hydrogen) atoms. The number of hydrogen-bond acceptors (Lipinski definition) is 3. The third-order valence-electron chi connectivity index (χ3n) is 4.31. The molecule has 0 bridgehead atoms. The Morgan fingerprint density at radius 2 is 2.29 bits per heavy atom. The summed E-state index contributed by atoms with van der Waals surface area (Å²) in [5.41, 5.74) is 6.05. The molecule has 1 aliphatic carbocycles. The number of fused-ring (bicyclic) bond motifs is 1. The average Bonchev–Trinajstić information content (AvgIpc) is 2.83. The molecular weight excluding hydrogens is 216 g/mol. The highest BCUT2D eigenvalue weighted by Crippen LogP contribution is 2.30. The molecule has 3 unspecified atom stereocenters. The zero-order valence-corrected chi connectivity index (χ0v) is 10.9. The van der Waals surface area contributed by atoms with Crippen LogP contribution >= 0.6 is 0 Å². The van der Waals surface area contributed by atoms with Crippen LogP contribution in [0.5, 0.6) is 0 Å². The van der Waals surface area contributed by atoms with Crippen LogP contribution < -0.4 is 5.73 Å². The van der Waals surface area contributed by atoms with Gasteiger partial charge in [-0.1, -0.05) is 20.3 Å². The van der Waals surface area contributed by atoms with Crippen LogP contribution in [0, 0.1) is 5.92 Å². The lowest BCUT2D eigenvalue weighted by atomic mass is 9.97. The van der Waals surface area contributed by atoms with E-state index in [4.69, 9.17) is 10.5 Å². The first-order valence-corrected chi connectivity index (χ1v) is 6.82. The fourth-order valence-corrected chi connectivity index (χ4v) is 2.89. The lowest BCUT2D eigenvalue weighted by Crippen LogP contribution is -2.57. The summed E-state index contributed by atoms with van der Waals surface area (Å²) in [5.74, 6) is 0.379. The highest BCUT2D eigenvalue weighted by molar-refractivity contribution is 5.82. The van der Waals surface area contributed by atoms with Gasteiger partial charge in [0, 0.05) is 6.54 Å². The van der Waals surface area contributed by atoms with Crippen molar-refractivity contribution in [2.24, 2.45) is 11.7 Å². The molecule has 2 fully saturated rings. The lowest BCUT2D eigenvalue weighted by molar-refractivity contribution is -0.146. The van der Waals surface area contributed by atoms with Gasteiger partial charge in [-0.25, -0.2) is 0 Å². The SMILES string of the molecule is CCC(C)[C@H](N)C(=O)N1CCOC2CCCC21. The van der Waals surface area contributed by atoms with Crippen LogP contribution in [0.3, 0.4) is 0 Å². The van der Waals surface area contributed by atoms with Crippen LogP contribution in [0.4, 0.5) is 0 Å². The Morgan fingerprint density at radius 1 is 1.53 bits per heavy atom. The van der Waals surface area contributed by atoms with Gasteiger partial charge in [-0.15, -0.1) is 0 Å². The minimum Gasteiger partial charge on any atom is -0.374 e. The molecule has 0 aromatic carbocycles. The maximum Gasteiger partial charge on any atom is 0.240 e. The third-order valence-corrected chi connectivity index (χ3v) is 4.31. The van der Waals surface area contributed by atoms with Gasteiger partial charge >= 0.3 is 0 Å². The number of carbonyl (C=O) groups is 1. The Morgan fingerprint density at radius 3 is 3.00 bits per heavy atom. The fraction of sp³-hybridized carbons (Fsp3) is 0.923. The molecule has 2 aliphatic rings. The Labute approximate surface area is 103 Å². The molecule has 2 rings (SSSR count). The third kappa shape index (κ3) is 2.47. The van der Waals surface area contributed by atoms with Gasteiger partial charge in [0.05, 0.1) is 24.8 Å². The van der Waals surface area contributed by atoms with Crippen LogP contribution in [0.2, 0.25) is 0 Å². The molecular formula is C13H24N2O2. The van der Waals surface area contributed by atoms with E-state index in [1.165, 1.54) is 0 Å². The molecule has 1 saturated heterocycles. The van der Waals surface area contributed by atoms with Gasteiger partial charge in [-0.3, -0.25) is 4.79 Å². The average molecular weight is 240 g/mol. The van der Waals surface area contributed by atoms with Crippen LogP contribution in [-0.2, 0) is 9.53 Å². The molecule has 1 aliphatic heterocycles. The molecule has 1 amide bonds. The highest BCUT2D eigenvalue weighted by atomic mass is 16.5. The molecule has 0 aromatic rings. The van der Waals surface area contributed by atoms with E-state index >= 15 is 0 Å². The number of rotatable bonds is 3. The molecule has 1 saturated carbocycles. The number of nitrogens with zero attached hydrogens (tertiary/aromatic N) is 1. The van der Waals surface area contributed by atoms with Crippen molar-refractivity contribution in [1.82, 2.24) is 4.90 Å². The zero-order valence-electron chi connectivity index (χ0n) is 10.9. The number of morpholine rings is 1. The van der Waals surface area contributed by atoms with E-state index in [9.17, 15) is 4.79 Å². The molecule has 4 heteroatoms. The van der Waals surface area contributed by atoms with Crippen LogP contribution in [-0.4, -0.2) is 42.1 Å². The summed E-state index contributed by atoms with van der Waals surface area (Å²) >= 11 is 0. The first-order valence-electron chi connectivity index (χ1n) is 6.82. The summed E-state index contributed by atoms with van der Waals surface area (Å²) in [5, 5.41) is 0. The van der Waals surface area contributed by atoms with Crippen LogP contribution in [0.15, 0.2) is 0 Å². The second-order valence-electron chi connectivity index (χ2n) is 5.35. The quantitative estimate of drug-likeness (QED) is 0.805. The Hall–Kier alpha value is -0.610. The van der Waals surface area contributed by atoms with Crippen molar-refractivity contribution in [1.29, 1.82) is 0 Å². The predicted octanol–water partition coefficient (Wildman–Crippen LogP) is 1.14. The van der Waals surface area contributed by atoms with Gasteiger partial charge in [-0.2, -0.15) is 0 Å². The molecule has 4 nitrogen and oxygen atoms in total. The van der Waals surface area contributed by atoms with E-state index in [1.807, 2.05) is 4.90 Å². The number of ether oxygens (including phenoxy) is 1. The van der Waals surface area contributed by atoms with Crippen molar-refractivity contribution in [2.75, 3.05) is 13.2 Å². The van der Waals surface area contributed by atoms with Crippen molar-refractivity contribution in [2.45, 2.75) is 57.7 Å². The van der Waals surface area contributed by atoms with E-state index in [-0.39, 0.29) is 30.0 Å². The van der Waals surface area contributed by atoms with E-state index < -0.39 is 0 Å². The summed E-state index contributed by atoms with van der Waals surface area (Å²) in [6.07, 6.45) is 4.54. The van der Waals surface area contributed by atoms with E-state index in [0.717, 1.165) is 25.7 Å². The maximum absolute atomic E-state index is 12.4. The van der Waals surface area contributed by atoms with Gasteiger partial charge in [-0.05, 0) is 25.2 Å². The fourth-order valence-electron chi connectivity index (χ4n) is 2.89. The summed E-state index contributed by atoms with van der Waals surface area (Å²) in [6.45, 7) is 5.51. The van der Waals surface area contributed by atoms with Gasteiger partial charge in [0.2, 0.25) is 5.91 Å². The minimum atomic E-state index is -0.348. The summed E-state index contributed by atoms with van der Waals surface area (Å²) in [4.78, 5) is 14.4. The molecule has 4 atom stereocenters. The first kappa shape index (κ1) is 12.8. The minimum absolute atomic E-state index is 0.125. The van der Waals surface area contributed by atoms with Gasteiger partial charge in [0.25, 0.3) is 0 Å². The topological polar surface area (TPSA) is 55.6 Å². The van der Waals surface area contributed by atoms with Crippen LogP contribution in [0.1, 0.15) is 39.5 Å². The van der Waals surface area contributed by atoms with Crippen LogP contribution in [0.25, 0.3) is 0 Å². The number of hydrogen-bond donors (Lipinski definition) is 1. The summed E-state index contributed by atoms with van der Waals surface area (Å²) in [6, 6.07) is -0.0642. The van der Waals surface area contributed by atoms with Crippen molar-refractivity contribution in [3.8, 4) is 0 Å². The number of nitrogens with two attached hydrogens (primary N) is 1. The molecule has 0 radical (unpaired) electrons. The van der Waals surface area contributed by atoms with Crippen molar-refractivity contribution in [3.05, 3.63) is 0 Å². The van der Waals surface area contributed by atoms with Crippen molar-refractivity contribution in [3.63, 3.8) is 0 Å². The second kappa shape index (κ2) is 5.36. The molecule has 0 spiro atoms. The maximum atomic E-state index is 12.4. The standard InChI is InChI=1S/C13H24N2O2/c1-3-9(2)12(14)13(16)15-7-8-17-11-6-4-5-10(11)15/h9-12H,3-8,14H2,1-2H3/t9?,10?,11?,12-/m0/s1. The Bertz CT molecular complexity index is 283. The summed E-state index contributed by atoms with van der Waals surface area (Å²) in [7, 11) is 0. The van der Waals surface area contributed by atoms with E-state index in [1.54, 1.807) is 0 Å². The van der Waals surface area contributed by atoms with Crippen molar-refractivity contribution < 1.29 is 9.53 Å². The summed E-state index contributed by atoms with van der Waals surface area (Å²) < 4.78 is 5.71. The lowest BCUT2D eigenvalue weighted by Gasteiger charge is -2.39. The second-order valence-corrected chi connectivity index (χ2v) is 5.35. The largest absolute Gasteiger partial charge is 0.374 e. The smallest absolute Gasteiger partial charge is 0.240 e. The van der Waals surface area contributed by atoms with Gasteiger partial charge in [0.15, 0.2) is 0 Å². The molecule has 98 valence electrons. The number of amides is 1. The number of carbonyl (C=O) groups excluding carboxylic acids is 1. The monoisotopic (exact) mass is 240 g/mol. The molecule has 2 N–H and O–H groups in total. The van der Waals surface area contributed by atoms with E-state index in [2.05, 4.69) is 13.8 Å². The zero-order chi connectivity index (χ0) is 12.4. The van der Waals surface area contributed by atoms with Crippen molar-refractivity contribution >= 4 is 5.91 Å². The predicted molar refractivity (Wildman–Crippen MR) is 66.5 cm³/mol. The first-order chi connectivity index (χ1) is 8.15. The van der Waals surface area contributed by atoms with E-state index in [0.29, 0.717) is 13.2 Å².